The van der Waals surface area contributed by atoms with Crippen molar-refractivity contribution in [2.75, 3.05) is 13.2 Å². The van der Waals surface area contributed by atoms with Crippen LogP contribution in [0.2, 0.25) is 0 Å². The SMILES string of the molecule is C=CC[O][Sn][O]CC=C. The summed E-state index contributed by atoms with van der Waals surface area (Å²) in [5.41, 5.74) is 0. The molecule has 0 aromatic carbocycles. The van der Waals surface area contributed by atoms with Gasteiger partial charge in [0.2, 0.25) is 0 Å². The van der Waals surface area contributed by atoms with Gasteiger partial charge in [-0.05, 0) is 0 Å². The Labute approximate surface area is 66.9 Å². The summed E-state index contributed by atoms with van der Waals surface area (Å²) in [6, 6.07) is 0. The van der Waals surface area contributed by atoms with Crippen molar-refractivity contribution in [3.63, 3.8) is 0 Å². The van der Waals surface area contributed by atoms with Crippen LogP contribution in [-0.4, -0.2) is 35.2 Å². The molecular formula is C6H10O2Sn. The molecule has 3 heteroatoms. The van der Waals surface area contributed by atoms with Crippen molar-refractivity contribution in [3.05, 3.63) is 25.3 Å². The molecule has 2 nitrogen and oxygen atoms in total. The van der Waals surface area contributed by atoms with Gasteiger partial charge in [0.1, 0.15) is 0 Å². The summed E-state index contributed by atoms with van der Waals surface area (Å²) >= 11 is -0.993. The summed E-state index contributed by atoms with van der Waals surface area (Å²) in [5, 5.41) is 0. The third kappa shape index (κ3) is 8.20. The summed E-state index contributed by atoms with van der Waals surface area (Å²) in [6.07, 6.45) is 3.44. The average Bonchev–Trinajstić information content (AvgIpc) is 1.89. The van der Waals surface area contributed by atoms with E-state index < -0.39 is 22.0 Å². The van der Waals surface area contributed by atoms with Crippen LogP contribution < -0.4 is 0 Å². The normalized spacial score (nSPS) is 8.89. The molecule has 0 saturated carbocycles. The second-order valence-electron chi connectivity index (χ2n) is 1.28. The molecule has 0 aliphatic rings. The van der Waals surface area contributed by atoms with Gasteiger partial charge in [0.05, 0.1) is 0 Å². The summed E-state index contributed by atoms with van der Waals surface area (Å²) < 4.78 is 10.1. The summed E-state index contributed by atoms with van der Waals surface area (Å²) in [7, 11) is 0. The standard InChI is InChI=1S/2C3H5O.Sn/c2*1-2-3-4;/h2*2H,1,3H2;/q2*-1;+2. The Balaban J connectivity index is 2.74. The maximum atomic E-state index is 5.07. The second kappa shape index (κ2) is 8.20. The molecule has 0 rings (SSSR count). The predicted molar refractivity (Wildman–Crippen MR) is 38.1 cm³/mol. The number of hydrogen-bond acceptors (Lipinski definition) is 2. The van der Waals surface area contributed by atoms with E-state index in [0.717, 1.165) is 0 Å². The molecule has 50 valence electrons. The van der Waals surface area contributed by atoms with Crippen molar-refractivity contribution in [1.82, 2.24) is 0 Å². The molecular weight excluding hydrogens is 223 g/mol. The zero-order chi connectivity index (χ0) is 6.95. The summed E-state index contributed by atoms with van der Waals surface area (Å²) in [6.45, 7) is 8.24. The van der Waals surface area contributed by atoms with Crippen LogP contribution in [0.1, 0.15) is 0 Å². The average molecular weight is 233 g/mol. The summed E-state index contributed by atoms with van der Waals surface area (Å²) in [5.74, 6) is 0. The quantitative estimate of drug-likeness (QED) is 0.386. The molecule has 9 heavy (non-hydrogen) atoms. The molecule has 0 fully saturated rings. The van der Waals surface area contributed by atoms with E-state index in [4.69, 9.17) is 6.15 Å². The van der Waals surface area contributed by atoms with Crippen LogP contribution in [0.25, 0.3) is 0 Å². The van der Waals surface area contributed by atoms with E-state index in [1.165, 1.54) is 0 Å². The van der Waals surface area contributed by atoms with Crippen molar-refractivity contribution in [3.8, 4) is 0 Å². The molecule has 0 amide bonds. The van der Waals surface area contributed by atoms with Crippen molar-refractivity contribution in [2.24, 2.45) is 0 Å². The Morgan fingerprint density at radius 1 is 1.11 bits per heavy atom. The van der Waals surface area contributed by atoms with E-state index in [2.05, 4.69) is 13.2 Å². The minimum atomic E-state index is -0.993. The van der Waals surface area contributed by atoms with Crippen LogP contribution in [0.5, 0.6) is 0 Å². The topological polar surface area (TPSA) is 18.5 Å². The molecule has 0 aromatic heterocycles. The van der Waals surface area contributed by atoms with Crippen molar-refractivity contribution in [2.45, 2.75) is 0 Å². The van der Waals surface area contributed by atoms with Crippen LogP contribution >= 0.6 is 0 Å². The van der Waals surface area contributed by atoms with Crippen LogP contribution in [0, 0.1) is 0 Å². The molecule has 0 aliphatic carbocycles. The van der Waals surface area contributed by atoms with Crippen LogP contribution in [-0.2, 0) is 6.15 Å². The van der Waals surface area contributed by atoms with Gasteiger partial charge in [-0.1, -0.05) is 0 Å². The molecule has 0 unspecified atom stereocenters. The molecule has 2 radical (unpaired) electrons. The van der Waals surface area contributed by atoms with Gasteiger partial charge < -0.3 is 0 Å². The molecule has 0 aliphatic heterocycles. The fraction of sp³-hybridized carbons (Fsp3) is 0.333. The van der Waals surface area contributed by atoms with Crippen LogP contribution in [0.15, 0.2) is 25.3 Å². The van der Waals surface area contributed by atoms with E-state index in [9.17, 15) is 0 Å². The van der Waals surface area contributed by atoms with Gasteiger partial charge in [0, 0.05) is 0 Å². The fourth-order valence-electron chi connectivity index (χ4n) is 0.228. The second-order valence-corrected chi connectivity index (χ2v) is 3.41. The fourth-order valence-corrected chi connectivity index (χ4v) is 1.53. The molecule has 0 N–H and O–H groups in total. The minimum absolute atomic E-state index is 0.614. The molecule has 0 spiro atoms. The van der Waals surface area contributed by atoms with Crippen LogP contribution in [0.3, 0.4) is 0 Å². The Morgan fingerprint density at radius 3 is 1.89 bits per heavy atom. The number of rotatable bonds is 6. The van der Waals surface area contributed by atoms with Crippen LogP contribution in [0.4, 0.5) is 0 Å². The Hall–Kier alpha value is 0.199. The predicted octanol–water partition coefficient (Wildman–Crippen LogP) is 0.926. The van der Waals surface area contributed by atoms with Gasteiger partial charge in [-0.2, -0.15) is 0 Å². The van der Waals surface area contributed by atoms with Gasteiger partial charge in [-0.3, -0.25) is 0 Å². The third-order valence-corrected chi connectivity index (χ3v) is 2.14. The van der Waals surface area contributed by atoms with Gasteiger partial charge in [-0.25, -0.2) is 0 Å². The first-order valence-corrected chi connectivity index (χ1v) is 4.95. The summed E-state index contributed by atoms with van der Waals surface area (Å²) in [4.78, 5) is 0. The first-order valence-electron chi connectivity index (χ1n) is 2.62. The van der Waals surface area contributed by atoms with E-state index in [1.807, 2.05) is 0 Å². The molecule has 0 heterocycles. The maximum absolute atomic E-state index is 5.07. The van der Waals surface area contributed by atoms with Crippen molar-refractivity contribution in [1.29, 1.82) is 0 Å². The van der Waals surface area contributed by atoms with Gasteiger partial charge in [0.25, 0.3) is 0 Å². The molecule has 0 aromatic rings. The van der Waals surface area contributed by atoms with Crippen molar-refractivity contribution >= 4 is 22.0 Å². The number of hydrogen-bond donors (Lipinski definition) is 0. The van der Waals surface area contributed by atoms with E-state index >= 15 is 0 Å². The van der Waals surface area contributed by atoms with Gasteiger partial charge >= 0.3 is 66.6 Å². The first-order chi connectivity index (χ1) is 4.41. The Bertz CT molecular complexity index is 73.1. The zero-order valence-corrected chi connectivity index (χ0v) is 8.15. The third-order valence-electron chi connectivity index (χ3n) is 0.520. The first kappa shape index (κ1) is 9.20. The van der Waals surface area contributed by atoms with E-state index in [0.29, 0.717) is 13.2 Å². The van der Waals surface area contributed by atoms with Crippen molar-refractivity contribution < 1.29 is 6.15 Å². The molecule has 0 atom stereocenters. The molecule has 0 saturated heterocycles. The zero-order valence-electron chi connectivity index (χ0n) is 5.30. The van der Waals surface area contributed by atoms with Gasteiger partial charge in [0.15, 0.2) is 0 Å². The monoisotopic (exact) mass is 234 g/mol. The Kier molecular flexibility index (Phi) is 8.38. The van der Waals surface area contributed by atoms with E-state index in [1.54, 1.807) is 12.2 Å². The Morgan fingerprint density at radius 2 is 1.56 bits per heavy atom. The molecule has 0 bridgehead atoms. The van der Waals surface area contributed by atoms with E-state index in [-0.39, 0.29) is 0 Å². The van der Waals surface area contributed by atoms with Gasteiger partial charge in [-0.15, -0.1) is 0 Å².